The summed E-state index contributed by atoms with van der Waals surface area (Å²) in [6.45, 7) is 0. The first kappa shape index (κ1) is 36.4. The van der Waals surface area contributed by atoms with Crippen LogP contribution < -0.4 is 9.80 Å². The van der Waals surface area contributed by atoms with Gasteiger partial charge < -0.3 is 0 Å². The van der Waals surface area contributed by atoms with Crippen LogP contribution in [0.5, 0.6) is 0 Å². The van der Waals surface area contributed by atoms with Gasteiger partial charge >= 0.3 is 21.7 Å². The van der Waals surface area contributed by atoms with Crippen molar-refractivity contribution >= 4 is 35.0 Å². The van der Waals surface area contributed by atoms with Gasteiger partial charge in [0.05, 0.1) is 22.3 Å². The summed E-state index contributed by atoms with van der Waals surface area (Å²) >= 11 is 0. The quantitative estimate of drug-likeness (QED) is 0.0932. The summed E-state index contributed by atoms with van der Waals surface area (Å²) in [5.74, 6) is -6.43. The largest absolute Gasteiger partial charge is 4.00 e. The maximum atomic E-state index is 13.6. The molecule has 0 bridgehead atoms. The number of allylic oxidation sites excluding steroid dienone is 8. The fraction of sp³-hybridized carbons (Fsp3) is 0.0526. The van der Waals surface area contributed by atoms with Crippen molar-refractivity contribution in [1.29, 1.82) is 0 Å². The van der Waals surface area contributed by atoms with Gasteiger partial charge in [-0.15, -0.1) is 49.2 Å². The smallest absolute Gasteiger partial charge is 0.295 e. The zero-order chi connectivity index (χ0) is 34.2. The molecule has 4 aromatic carbocycles. The van der Waals surface area contributed by atoms with E-state index in [1.165, 1.54) is 24.3 Å². The zero-order valence-corrected chi connectivity index (χ0v) is 26.9. The minimum Gasteiger partial charge on any atom is -0.295 e. The van der Waals surface area contributed by atoms with Gasteiger partial charge in [0, 0.05) is 23.3 Å². The predicted molar refractivity (Wildman–Crippen MR) is 169 cm³/mol. The van der Waals surface area contributed by atoms with Crippen LogP contribution in [-0.2, 0) is 21.7 Å². The number of rotatable bonds is 2. The molecule has 49 heavy (non-hydrogen) atoms. The van der Waals surface area contributed by atoms with Crippen LogP contribution >= 0.6 is 0 Å². The number of halogens is 4. The van der Waals surface area contributed by atoms with Crippen molar-refractivity contribution in [3.63, 3.8) is 0 Å². The molecule has 0 saturated carbocycles. The summed E-state index contributed by atoms with van der Waals surface area (Å²) in [6.07, 6.45) is 20.0. The van der Waals surface area contributed by atoms with E-state index in [9.17, 15) is 36.7 Å². The summed E-state index contributed by atoms with van der Waals surface area (Å²) in [6, 6.07) is 20.0. The number of imide groups is 2. The van der Waals surface area contributed by atoms with Gasteiger partial charge in [-0.2, -0.15) is 12.2 Å². The average Bonchev–Trinajstić information content (AvgIpc) is 3.92. The molecule has 240 valence electrons. The van der Waals surface area contributed by atoms with Crippen molar-refractivity contribution in [1.82, 2.24) is 0 Å². The fourth-order valence-corrected chi connectivity index (χ4v) is 4.71. The van der Waals surface area contributed by atoms with Gasteiger partial charge in [-0.1, -0.05) is 24.3 Å². The Balaban J connectivity index is 0.000000169. The van der Waals surface area contributed by atoms with Gasteiger partial charge in [-0.05, 0) is 35.6 Å². The second kappa shape index (κ2) is 16.6. The van der Waals surface area contributed by atoms with E-state index in [1.807, 2.05) is 24.3 Å². The molecule has 11 heteroatoms. The van der Waals surface area contributed by atoms with Gasteiger partial charge in [-0.3, -0.25) is 41.1 Å². The number of carbonyl (C=O) groups excluding carboxylic acids is 4. The van der Waals surface area contributed by atoms with Crippen LogP contribution in [0.25, 0.3) is 0 Å². The first-order valence-electron chi connectivity index (χ1n) is 14.3. The van der Waals surface area contributed by atoms with Gasteiger partial charge in [-0.25, -0.2) is 41.9 Å². The van der Waals surface area contributed by atoms with E-state index in [-0.39, 0.29) is 55.3 Å². The number of fused-ring (bicyclic) bond motifs is 2. The van der Waals surface area contributed by atoms with Crippen LogP contribution in [-0.4, -0.2) is 23.6 Å². The molecule has 2 aliphatic carbocycles. The standard InChI is InChI=1S/2C14H6F2NO2.2C5H5.Ti/c2*15-8-5-6-12(11(16)7-8)17-13(18)9-3-1-2-4-10(9)14(17)19;2*1-2-4-5-3-1;/h2*1-6H;2*1-3H,4H2;/q4*-1;+4. The molecular weight excluding hydrogens is 672 g/mol. The molecule has 0 spiro atoms. The van der Waals surface area contributed by atoms with E-state index >= 15 is 0 Å². The van der Waals surface area contributed by atoms with E-state index in [2.05, 4.69) is 24.3 Å². The van der Waals surface area contributed by atoms with E-state index in [0.717, 1.165) is 37.1 Å². The summed E-state index contributed by atoms with van der Waals surface area (Å²) in [5.41, 5.74) is 0.222. The monoisotopic (exact) mass is 694 g/mol. The normalized spacial score (nSPS) is 14.4. The third-order valence-electron chi connectivity index (χ3n) is 6.92. The summed E-state index contributed by atoms with van der Waals surface area (Å²) < 4.78 is 52.9. The Morgan fingerprint density at radius 2 is 0.816 bits per heavy atom. The van der Waals surface area contributed by atoms with Crippen LogP contribution in [0.15, 0.2) is 109 Å². The van der Waals surface area contributed by atoms with Crippen LogP contribution in [0.4, 0.5) is 28.9 Å². The van der Waals surface area contributed by atoms with Gasteiger partial charge in [0.25, 0.3) is 23.6 Å². The van der Waals surface area contributed by atoms with E-state index < -0.39 is 46.9 Å². The first-order chi connectivity index (χ1) is 23.2. The third kappa shape index (κ3) is 8.17. The molecule has 4 amide bonds. The Bertz CT molecular complexity index is 1800. The fourth-order valence-electron chi connectivity index (χ4n) is 4.71. The molecule has 2 heterocycles. The number of amides is 4. The molecule has 0 N–H and O–H groups in total. The molecule has 0 atom stereocenters. The first-order valence-corrected chi connectivity index (χ1v) is 14.3. The zero-order valence-electron chi connectivity index (χ0n) is 25.3. The maximum Gasteiger partial charge on any atom is 4.00 e. The molecule has 6 nitrogen and oxygen atoms in total. The number of nitrogens with zero attached hydrogens (tertiary/aromatic N) is 2. The summed E-state index contributed by atoms with van der Waals surface area (Å²) in [7, 11) is 0. The van der Waals surface area contributed by atoms with Crippen molar-refractivity contribution in [3.8, 4) is 0 Å². The van der Waals surface area contributed by atoms with Crippen LogP contribution in [0.1, 0.15) is 54.3 Å². The number of hydrogen-bond acceptors (Lipinski definition) is 4. The minimum atomic E-state index is -1.07. The molecule has 0 radical (unpaired) electrons. The van der Waals surface area contributed by atoms with E-state index in [1.54, 1.807) is 36.4 Å². The molecule has 2 aliphatic heterocycles. The molecule has 0 unspecified atom stereocenters. The van der Waals surface area contributed by atoms with Gasteiger partial charge in [0.2, 0.25) is 0 Å². The number of hydrogen-bond donors (Lipinski definition) is 0. The third-order valence-corrected chi connectivity index (χ3v) is 6.92. The molecule has 8 rings (SSSR count). The average molecular weight is 694 g/mol. The minimum absolute atomic E-state index is 0. The second-order valence-corrected chi connectivity index (χ2v) is 10.00. The summed E-state index contributed by atoms with van der Waals surface area (Å²) in [5, 5.41) is 0. The topological polar surface area (TPSA) is 74.8 Å². The van der Waals surface area contributed by atoms with Gasteiger partial charge in [0.15, 0.2) is 0 Å². The number of benzene rings is 4. The molecule has 0 fully saturated rings. The molecule has 4 aliphatic rings. The van der Waals surface area contributed by atoms with Crippen LogP contribution in [0, 0.1) is 47.6 Å². The molecule has 4 aromatic rings. The summed E-state index contributed by atoms with van der Waals surface area (Å²) in [4.78, 5) is 49.7. The Morgan fingerprint density at radius 3 is 1.04 bits per heavy atom. The Kier molecular flexibility index (Phi) is 12.3. The Morgan fingerprint density at radius 1 is 0.490 bits per heavy atom. The molecular formula is C38H22F4N2O4Ti. The van der Waals surface area contributed by atoms with Crippen molar-refractivity contribution in [2.24, 2.45) is 0 Å². The van der Waals surface area contributed by atoms with Crippen molar-refractivity contribution in [2.45, 2.75) is 12.8 Å². The Labute approximate surface area is 294 Å². The number of carbonyl (C=O) groups is 4. The van der Waals surface area contributed by atoms with Crippen molar-refractivity contribution in [3.05, 3.63) is 179 Å². The second-order valence-electron chi connectivity index (χ2n) is 10.00. The molecule has 0 saturated heterocycles. The Hall–Kier alpha value is -5.45. The van der Waals surface area contributed by atoms with E-state index in [4.69, 9.17) is 0 Å². The molecule has 0 aromatic heterocycles. The maximum absolute atomic E-state index is 13.6. The van der Waals surface area contributed by atoms with Crippen LogP contribution in [0.3, 0.4) is 0 Å². The van der Waals surface area contributed by atoms with Crippen molar-refractivity contribution < 1.29 is 58.5 Å². The van der Waals surface area contributed by atoms with Crippen molar-refractivity contribution in [2.75, 3.05) is 9.80 Å². The van der Waals surface area contributed by atoms with E-state index in [0.29, 0.717) is 9.80 Å². The van der Waals surface area contributed by atoms with Crippen LogP contribution in [0.2, 0.25) is 0 Å². The van der Waals surface area contributed by atoms with Gasteiger partial charge in [0.1, 0.15) is 0 Å². The predicted octanol–water partition coefficient (Wildman–Crippen LogP) is 7.74. The SMILES string of the molecule is O=C1c2ccccc2C(=O)N1c1ccc(F)[c-]c1F.O=C1c2ccccc2C(=O)N1c1ccc(F)[c-]c1F.[C-]1=CC=CC1.[C-]1=CC=CC1.[Ti+4]. The number of anilines is 2.